The minimum absolute atomic E-state index is 0.112. The third-order valence-electron chi connectivity index (χ3n) is 4.25. The molecule has 1 heterocycles. The van der Waals surface area contributed by atoms with Crippen molar-refractivity contribution in [3.05, 3.63) is 34.1 Å². The van der Waals surface area contributed by atoms with Crippen molar-refractivity contribution < 1.29 is 4.39 Å². The number of hydrogen-bond donors (Lipinski definition) is 1. The zero-order chi connectivity index (χ0) is 15.6. The van der Waals surface area contributed by atoms with Gasteiger partial charge in [-0.25, -0.2) is 4.39 Å². The molecule has 21 heavy (non-hydrogen) atoms. The van der Waals surface area contributed by atoms with E-state index in [2.05, 4.69) is 53.8 Å². The molecule has 1 unspecified atom stereocenters. The first-order valence-corrected chi connectivity index (χ1v) is 8.49. The second-order valence-corrected chi connectivity index (χ2v) is 7.99. The van der Waals surface area contributed by atoms with Crippen LogP contribution in [0, 0.1) is 11.7 Å². The van der Waals surface area contributed by atoms with Gasteiger partial charge in [0.1, 0.15) is 5.82 Å². The predicted octanol–water partition coefficient (Wildman–Crippen LogP) is 4.19. The highest BCUT2D eigenvalue weighted by molar-refractivity contribution is 9.10. The van der Waals surface area contributed by atoms with Gasteiger partial charge < -0.3 is 5.32 Å². The molecule has 0 radical (unpaired) electrons. The van der Waals surface area contributed by atoms with Crippen molar-refractivity contribution in [3.63, 3.8) is 0 Å². The Labute approximate surface area is 136 Å². The fourth-order valence-corrected chi connectivity index (χ4v) is 3.42. The molecule has 0 aliphatic carbocycles. The summed E-state index contributed by atoms with van der Waals surface area (Å²) in [5.41, 5.74) is 1.26. The van der Waals surface area contributed by atoms with Gasteiger partial charge in [0.05, 0.1) is 0 Å². The van der Waals surface area contributed by atoms with Crippen LogP contribution in [0.15, 0.2) is 22.7 Å². The van der Waals surface area contributed by atoms with Crippen molar-refractivity contribution in [2.45, 2.75) is 52.2 Å². The van der Waals surface area contributed by atoms with Crippen LogP contribution in [0.5, 0.6) is 0 Å². The highest BCUT2D eigenvalue weighted by Crippen LogP contribution is 2.26. The summed E-state index contributed by atoms with van der Waals surface area (Å²) in [6.45, 7) is 11.9. The number of piperazine rings is 1. The van der Waals surface area contributed by atoms with E-state index in [-0.39, 0.29) is 11.4 Å². The quantitative estimate of drug-likeness (QED) is 0.869. The molecular weight excluding hydrogens is 331 g/mol. The summed E-state index contributed by atoms with van der Waals surface area (Å²) in [6, 6.07) is 5.52. The molecule has 1 N–H and O–H groups in total. The third-order valence-corrected chi connectivity index (χ3v) is 4.99. The maximum atomic E-state index is 13.2. The smallest absolute Gasteiger partial charge is 0.124 e. The summed E-state index contributed by atoms with van der Waals surface area (Å²) in [4.78, 5) is 2.51. The molecule has 1 aliphatic heterocycles. The standard InChI is InChI=1S/C17H26BrFN2/c1-12(2)7-15-10-21(17(3,4)11-20-15)9-13-5-6-14(19)8-16(13)18/h5-6,8,12,15,20H,7,9-11H2,1-4H3. The molecule has 0 spiro atoms. The number of rotatable bonds is 4. The van der Waals surface area contributed by atoms with Crippen LogP contribution in [-0.4, -0.2) is 29.6 Å². The zero-order valence-corrected chi connectivity index (χ0v) is 15.0. The lowest BCUT2D eigenvalue weighted by atomic mass is 9.93. The van der Waals surface area contributed by atoms with Crippen LogP contribution in [0.2, 0.25) is 0 Å². The molecule has 0 aromatic heterocycles. The third kappa shape index (κ3) is 4.51. The molecule has 118 valence electrons. The zero-order valence-electron chi connectivity index (χ0n) is 13.4. The van der Waals surface area contributed by atoms with E-state index in [1.807, 2.05) is 6.07 Å². The van der Waals surface area contributed by atoms with Gasteiger partial charge in [-0.15, -0.1) is 0 Å². The van der Waals surface area contributed by atoms with Crippen molar-refractivity contribution in [2.75, 3.05) is 13.1 Å². The molecular formula is C17H26BrFN2. The van der Waals surface area contributed by atoms with Crippen molar-refractivity contribution >= 4 is 15.9 Å². The first-order chi connectivity index (χ1) is 9.78. The average molecular weight is 357 g/mol. The van der Waals surface area contributed by atoms with Gasteiger partial charge in [-0.3, -0.25) is 4.90 Å². The molecule has 1 atom stereocenters. The number of halogens is 2. The molecule has 2 rings (SSSR count). The topological polar surface area (TPSA) is 15.3 Å². The van der Waals surface area contributed by atoms with Gasteiger partial charge in [0.15, 0.2) is 0 Å². The van der Waals surface area contributed by atoms with E-state index in [9.17, 15) is 4.39 Å². The molecule has 1 aromatic carbocycles. The van der Waals surface area contributed by atoms with Gasteiger partial charge in [0, 0.05) is 35.7 Å². The molecule has 1 saturated heterocycles. The van der Waals surface area contributed by atoms with E-state index in [1.165, 1.54) is 6.42 Å². The normalized spacial score (nSPS) is 22.7. The van der Waals surface area contributed by atoms with Crippen LogP contribution >= 0.6 is 15.9 Å². The Balaban J connectivity index is 2.10. The highest BCUT2D eigenvalue weighted by atomic mass is 79.9. The summed E-state index contributed by atoms with van der Waals surface area (Å²) in [5.74, 6) is 0.506. The monoisotopic (exact) mass is 356 g/mol. The van der Waals surface area contributed by atoms with E-state index in [1.54, 1.807) is 12.1 Å². The number of nitrogens with zero attached hydrogens (tertiary/aromatic N) is 1. The lowest BCUT2D eigenvalue weighted by molar-refractivity contribution is 0.0534. The van der Waals surface area contributed by atoms with Gasteiger partial charge in [-0.1, -0.05) is 35.8 Å². The predicted molar refractivity (Wildman–Crippen MR) is 89.8 cm³/mol. The first-order valence-electron chi connectivity index (χ1n) is 7.70. The van der Waals surface area contributed by atoms with Crippen molar-refractivity contribution in [3.8, 4) is 0 Å². The Morgan fingerprint density at radius 3 is 2.76 bits per heavy atom. The molecule has 4 heteroatoms. The van der Waals surface area contributed by atoms with Crippen molar-refractivity contribution in [2.24, 2.45) is 5.92 Å². The second-order valence-electron chi connectivity index (χ2n) is 7.14. The minimum Gasteiger partial charge on any atom is -0.311 e. The average Bonchev–Trinajstić information content (AvgIpc) is 2.36. The van der Waals surface area contributed by atoms with E-state index >= 15 is 0 Å². The van der Waals surface area contributed by atoms with E-state index in [4.69, 9.17) is 0 Å². The summed E-state index contributed by atoms with van der Waals surface area (Å²) in [6.07, 6.45) is 1.19. The Bertz CT molecular complexity index is 488. The summed E-state index contributed by atoms with van der Waals surface area (Å²) in [7, 11) is 0. The van der Waals surface area contributed by atoms with Crippen LogP contribution in [-0.2, 0) is 6.54 Å². The molecule has 2 nitrogen and oxygen atoms in total. The first kappa shape index (κ1) is 16.9. The lowest BCUT2D eigenvalue weighted by Crippen LogP contribution is -2.61. The van der Waals surface area contributed by atoms with E-state index < -0.39 is 0 Å². The van der Waals surface area contributed by atoms with Gasteiger partial charge >= 0.3 is 0 Å². The summed E-state index contributed by atoms with van der Waals surface area (Å²) < 4.78 is 14.1. The molecule has 0 amide bonds. The van der Waals surface area contributed by atoms with E-state index in [0.29, 0.717) is 12.0 Å². The maximum Gasteiger partial charge on any atom is 0.124 e. The molecule has 1 aromatic rings. The van der Waals surface area contributed by atoms with Gasteiger partial charge in [-0.05, 0) is 43.9 Å². The lowest BCUT2D eigenvalue weighted by Gasteiger charge is -2.46. The number of hydrogen-bond acceptors (Lipinski definition) is 2. The second kappa shape index (κ2) is 6.76. The number of nitrogens with one attached hydrogen (secondary N) is 1. The van der Waals surface area contributed by atoms with E-state index in [0.717, 1.165) is 29.7 Å². The van der Waals surface area contributed by atoms with Crippen LogP contribution in [0.3, 0.4) is 0 Å². The fraction of sp³-hybridized carbons (Fsp3) is 0.647. The van der Waals surface area contributed by atoms with Crippen LogP contribution in [0.4, 0.5) is 4.39 Å². The van der Waals surface area contributed by atoms with Gasteiger partial charge in [0.25, 0.3) is 0 Å². The fourth-order valence-electron chi connectivity index (χ4n) is 2.94. The molecule has 1 aliphatic rings. The minimum atomic E-state index is -0.192. The highest BCUT2D eigenvalue weighted by Gasteiger charge is 2.34. The van der Waals surface area contributed by atoms with Crippen LogP contribution in [0.25, 0.3) is 0 Å². The molecule has 0 saturated carbocycles. The van der Waals surface area contributed by atoms with Crippen LogP contribution < -0.4 is 5.32 Å². The SMILES string of the molecule is CC(C)CC1CN(Cc2ccc(F)cc2Br)C(C)(C)CN1. The summed E-state index contributed by atoms with van der Waals surface area (Å²) >= 11 is 3.48. The van der Waals surface area contributed by atoms with Crippen molar-refractivity contribution in [1.29, 1.82) is 0 Å². The Kier molecular flexibility index (Phi) is 5.44. The maximum absolute atomic E-state index is 13.2. The van der Waals surface area contributed by atoms with Crippen LogP contribution in [0.1, 0.15) is 39.7 Å². The van der Waals surface area contributed by atoms with Crippen molar-refractivity contribution in [1.82, 2.24) is 10.2 Å². The van der Waals surface area contributed by atoms with Gasteiger partial charge in [0.2, 0.25) is 0 Å². The summed E-state index contributed by atoms with van der Waals surface area (Å²) in [5, 5.41) is 3.67. The Hall–Kier alpha value is -0.450. The largest absolute Gasteiger partial charge is 0.311 e. The Morgan fingerprint density at radius 1 is 1.43 bits per heavy atom. The molecule has 1 fully saturated rings. The Morgan fingerprint density at radius 2 is 2.14 bits per heavy atom. The van der Waals surface area contributed by atoms with Gasteiger partial charge in [-0.2, -0.15) is 0 Å². The molecule has 0 bridgehead atoms. The number of benzene rings is 1.